The number of halogens is 6. The zero-order valence-electron chi connectivity index (χ0n) is 19.0. The number of aldehydes is 1. The molecule has 37 heavy (non-hydrogen) atoms. The molecule has 0 aromatic carbocycles. The van der Waals surface area contributed by atoms with Crippen LogP contribution in [0.2, 0.25) is 0 Å². The number of ether oxygens (including phenoxy) is 2. The molecule has 11 nitrogen and oxygen atoms in total. The molecule has 0 unspecified atom stereocenters. The third kappa shape index (κ3) is 10.0. The average molecular weight is 540 g/mol. The van der Waals surface area contributed by atoms with Crippen molar-refractivity contribution in [3.63, 3.8) is 0 Å². The highest BCUT2D eigenvalue weighted by atomic mass is 19.4. The van der Waals surface area contributed by atoms with E-state index in [2.05, 4.69) is 28.6 Å². The summed E-state index contributed by atoms with van der Waals surface area (Å²) >= 11 is 0. The van der Waals surface area contributed by atoms with Crippen LogP contribution in [0.4, 0.5) is 26.3 Å². The number of aromatic nitrogens is 1. The number of nitrogens with zero attached hydrogens (tertiary/aromatic N) is 3. The molecule has 0 bridgehead atoms. The van der Waals surface area contributed by atoms with E-state index in [9.17, 15) is 40.7 Å². The Hall–Kier alpha value is -4.40. The molecule has 0 aliphatic carbocycles. The van der Waals surface area contributed by atoms with Gasteiger partial charge in [-0.05, 0) is 31.5 Å². The fourth-order valence-electron chi connectivity index (χ4n) is 2.25. The van der Waals surface area contributed by atoms with Crippen LogP contribution in [0, 0.1) is 0 Å². The summed E-state index contributed by atoms with van der Waals surface area (Å²) in [7, 11) is 0. The second kappa shape index (κ2) is 13.6. The van der Waals surface area contributed by atoms with Gasteiger partial charge in [-0.1, -0.05) is 5.11 Å². The Morgan fingerprint density at radius 3 is 2.08 bits per heavy atom. The van der Waals surface area contributed by atoms with Crippen molar-refractivity contribution in [1.29, 1.82) is 0 Å². The van der Waals surface area contributed by atoms with Crippen LogP contribution in [0.5, 0.6) is 0 Å². The number of fused-ring (bicyclic) bond motifs is 1. The minimum absolute atomic E-state index is 0.0274. The van der Waals surface area contributed by atoms with Crippen molar-refractivity contribution in [2.75, 3.05) is 19.8 Å². The van der Waals surface area contributed by atoms with E-state index in [1.54, 1.807) is 13.8 Å². The monoisotopic (exact) mass is 540 g/mol. The van der Waals surface area contributed by atoms with Crippen molar-refractivity contribution in [2.24, 2.45) is 5.11 Å². The van der Waals surface area contributed by atoms with Crippen LogP contribution in [0.3, 0.4) is 0 Å². The standard InChI is InChI=1S/C10H8F3NO3.C6H3F3O2.C4H7N3O2/c1-2-16-9(15)6-3-7-5(14-6)4-8(17-7)10(11,12)13;7-6(8,9)5-2-1-4(3-10)11-5;1-2-9-4(8)3-6-7-5/h3-4,14H,2H2,1H3;1-3H;2-3H2,1H3. The maximum Gasteiger partial charge on any atom is 0.449 e. The number of H-pyrrole nitrogens is 1. The molecule has 0 amide bonds. The van der Waals surface area contributed by atoms with E-state index < -0.39 is 35.8 Å². The van der Waals surface area contributed by atoms with Gasteiger partial charge in [-0.25, -0.2) is 4.79 Å². The molecule has 17 heteroatoms. The molecule has 0 fully saturated rings. The molecule has 0 atom stereocenters. The molecular weight excluding hydrogens is 522 g/mol. The first-order valence-electron chi connectivity index (χ1n) is 9.92. The fraction of sp³-hybridized carbons (Fsp3) is 0.350. The predicted molar refractivity (Wildman–Crippen MR) is 111 cm³/mol. The van der Waals surface area contributed by atoms with E-state index in [-0.39, 0.29) is 42.0 Å². The topological polar surface area (TPSA) is 160 Å². The molecule has 3 aromatic rings. The molecule has 0 spiro atoms. The number of aromatic amines is 1. The minimum Gasteiger partial charge on any atom is -0.466 e. The van der Waals surface area contributed by atoms with Gasteiger partial charge in [-0.2, -0.15) is 26.3 Å². The van der Waals surface area contributed by atoms with E-state index in [0.717, 1.165) is 12.1 Å². The van der Waals surface area contributed by atoms with Gasteiger partial charge in [0.25, 0.3) is 0 Å². The molecule has 3 rings (SSSR count). The maximum absolute atomic E-state index is 12.3. The lowest BCUT2D eigenvalue weighted by molar-refractivity contribution is -0.153. The summed E-state index contributed by atoms with van der Waals surface area (Å²) in [5.74, 6) is -3.70. The molecule has 3 heterocycles. The zero-order chi connectivity index (χ0) is 28.2. The van der Waals surface area contributed by atoms with Crippen LogP contribution in [0.15, 0.2) is 38.2 Å². The molecule has 0 aliphatic rings. The number of azide groups is 1. The Morgan fingerprint density at radius 1 is 1.03 bits per heavy atom. The SMILES string of the molecule is CCOC(=O)CN=[N+]=[N-].CCOC(=O)c1cc2oc(C(F)(F)F)cc2[nH]1.O=Cc1ccc(C(F)(F)F)o1. The van der Waals surface area contributed by atoms with Crippen LogP contribution in [0.1, 0.15) is 46.4 Å². The van der Waals surface area contributed by atoms with Crippen LogP contribution in [-0.2, 0) is 26.6 Å². The molecule has 3 aromatic heterocycles. The molecule has 0 aliphatic heterocycles. The molecule has 1 N–H and O–H groups in total. The fourth-order valence-corrected chi connectivity index (χ4v) is 2.25. The van der Waals surface area contributed by atoms with Gasteiger partial charge in [0.05, 0.1) is 18.7 Å². The van der Waals surface area contributed by atoms with Crippen molar-refractivity contribution < 1.29 is 59.0 Å². The van der Waals surface area contributed by atoms with Crippen LogP contribution in [-0.4, -0.2) is 43.0 Å². The second-order valence-corrected chi connectivity index (χ2v) is 6.30. The number of esters is 2. The normalized spacial score (nSPS) is 10.8. The van der Waals surface area contributed by atoms with Gasteiger partial charge in [0.1, 0.15) is 12.2 Å². The Morgan fingerprint density at radius 2 is 1.65 bits per heavy atom. The lowest BCUT2D eigenvalue weighted by Gasteiger charge is -2.00. The Balaban J connectivity index is 0.000000298. The molecule has 0 saturated carbocycles. The maximum atomic E-state index is 12.3. The molecule has 202 valence electrons. The molecular formula is C20H18F6N4O7. The van der Waals surface area contributed by atoms with Crippen LogP contribution in [0.25, 0.3) is 21.5 Å². The van der Waals surface area contributed by atoms with Gasteiger partial charge in [-0.15, -0.1) is 0 Å². The summed E-state index contributed by atoms with van der Waals surface area (Å²) in [5.41, 5.74) is 7.88. The second-order valence-electron chi connectivity index (χ2n) is 6.30. The average Bonchev–Trinajstić information content (AvgIpc) is 3.53. The summed E-state index contributed by atoms with van der Waals surface area (Å²) in [6, 6.07) is 3.67. The van der Waals surface area contributed by atoms with Crippen molar-refractivity contribution in [3.05, 3.63) is 57.7 Å². The zero-order valence-corrected chi connectivity index (χ0v) is 19.0. The van der Waals surface area contributed by atoms with Gasteiger partial charge >= 0.3 is 24.3 Å². The van der Waals surface area contributed by atoms with Crippen LogP contribution < -0.4 is 0 Å². The lowest BCUT2D eigenvalue weighted by Crippen LogP contribution is -2.06. The molecule has 0 radical (unpaired) electrons. The predicted octanol–water partition coefficient (Wildman–Crippen LogP) is 5.93. The van der Waals surface area contributed by atoms with Crippen molar-refractivity contribution >= 4 is 29.3 Å². The number of rotatable bonds is 6. The van der Waals surface area contributed by atoms with Crippen molar-refractivity contribution in [2.45, 2.75) is 26.2 Å². The number of alkyl halides is 6. The van der Waals surface area contributed by atoms with Gasteiger partial charge in [-0.3, -0.25) is 9.59 Å². The van der Waals surface area contributed by atoms with Crippen LogP contribution >= 0.6 is 0 Å². The van der Waals surface area contributed by atoms with Gasteiger partial charge in [0.15, 0.2) is 17.6 Å². The summed E-state index contributed by atoms with van der Waals surface area (Å²) in [4.78, 5) is 36.4. The number of carbonyl (C=O) groups is 3. The van der Waals surface area contributed by atoms with Gasteiger partial charge in [0.2, 0.25) is 11.5 Å². The van der Waals surface area contributed by atoms with Crippen molar-refractivity contribution in [3.8, 4) is 0 Å². The van der Waals surface area contributed by atoms with Gasteiger partial charge < -0.3 is 23.3 Å². The summed E-state index contributed by atoms with van der Waals surface area (Å²) in [6.07, 6.45) is -8.83. The third-order valence-electron chi connectivity index (χ3n) is 3.67. The quantitative estimate of drug-likeness (QED) is 0.101. The summed E-state index contributed by atoms with van der Waals surface area (Å²) in [5, 5.41) is 3.00. The third-order valence-corrected chi connectivity index (χ3v) is 3.67. The minimum atomic E-state index is -4.54. The van der Waals surface area contributed by atoms with Gasteiger partial charge in [0, 0.05) is 17.0 Å². The number of hydrogen-bond acceptors (Lipinski definition) is 8. The van der Waals surface area contributed by atoms with E-state index in [4.69, 9.17) is 10.3 Å². The lowest BCUT2D eigenvalue weighted by atomic mass is 10.4. The van der Waals surface area contributed by atoms with E-state index in [1.807, 2.05) is 0 Å². The van der Waals surface area contributed by atoms with E-state index in [1.165, 1.54) is 6.07 Å². The Kier molecular flexibility index (Phi) is 11.3. The number of carbonyl (C=O) groups excluding carboxylic acids is 3. The van der Waals surface area contributed by atoms with E-state index >= 15 is 0 Å². The largest absolute Gasteiger partial charge is 0.466 e. The first-order chi connectivity index (χ1) is 17.3. The number of nitrogens with one attached hydrogen (secondary N) is 1. The highest BCUT2D eigenvalue weighted by Crippen LogP contribution is 2.34. The number of furan rings is 2. The first kappa shape index (κ1) is 30.6. The highest BCUT2D eigenvalue weighted by Gasteiger charge is 2.36. The summed E-state index contributed by atoms with van der Waals surface area (Å²) in [6.45, 7) is 3.61. The number of hydrogen-bond donors (Lipinski definition) is 1. The first-order valence-corrected chi connectivity index (χ1v) is 9.92. The Bertz CT molecular complexity index is 1200. The Labute approximate surface area is 202 Å². The highest BCUT2D eigenvalue weighted by molar-refractivity contribution is 5.93. The smallest absolute Gasteiger partial charge is 0.449 e. The molecule has 0 saturated heterocycles. The van der Waals surface area contributed by atoms with Crippen molar-refractivity contribution in [1.82, 2.24) is 4.98 Å². The van der Waals surface area contributed by atoms with E-state index in [0.29, 0.717) is 12.7 Å². The summed E-state index contributed by atoms with van der Waals surface area (Å²) < 4.78 is 89.8.